The average molecular weight is 393 g/mol. The molecule has 0 aliphatic carbocycles. The molecule has 1 aliphatic rings. The Hall–Kier alpha value is -2.18. The zero-order valence-corrected chi connectivity index (χ0v) is 15.2. The molecule has 1 saturated heterocycles. The summed E-state index contributed by atoms with van der Waals surface area (Å²) in [6, 6.07) is 8.14. The van der Waals surface area contributed by atoms with Gasteiger partial charge in [-0.1, -0.05) is 29.3 Å². The van der Waals surface area contributed by atoms with Crippen LogP contribution in [0.15, 0.2) is 36.5 Å². The molecule has 2 aromatic heterocycles. The van der Waals surface area contributed by atoms with Gasteiger partial charge >= 0.3 is 0 Å². The number of rotatable bonds is 2. The predicted octanol–water partition coefficient (Wildman–Crippen LogP) is 4.20. The quantitative estimate of drug-likeness (QED) is 0.614. The molecule has 8 heteroatoms. The van der Waals surface area contributed by atoms with E-state index in [9.17, 15) is 9.18 Å². The largest absolute Gasteiger partial charge is 0.339 e. The lowest BCUT2D eigenvalue weighted by Gasteiger charge is -2.31. The number of hydrogen-bond donors (Lipinski definition) is 0. The summed E-state index contributed by atoms with van der Waals surface area (Å²) >= 11 is 11.8. The van der Waals surface area contributed by atoms with Crippen molar-refractivity contribution in [2.75, 3.05) is 13.1 Å². The molecule has 4 rings (SSSR count). The first-order valence-corrected chi connectivity index (χ1v) is 9.03. The Bertz CT molecular complexity index is 982. The number of pyridine rings is 1. The van der Waals surface area contributed by atoms with Gasteiger partial charge < -0.3 is 4.90 Å². The van der Waals surface area contributed by atoms with Crippen molar-refractivity contribution in [2.24, 2.45) is 0 Å². The van der Waals surface area contributed by atoms with Crippen molar-refractivity contribution in [2.45, 2.75) is 18.8 Å². The number of carbonyl (C=O) groups is 1. The summed E-state index contributed by atoms with van der Waals surface area (Å²) in [5, 5.41) is 8.56. The van der Waals surface area contributed by atoms with Crippen LogP contribution in [0.25, 0.3) is 5.65 Å². The minimum Gasteiger partial charge on any atom is -0.339 e. The van der Waals surface area contributed by atoms with E-state index in [0.29, 0.717) is 13.1 Å². The second-order valence-corrected chi connectivity index (χ2v) is 7.11. The average Bonchev–Trinajstić information content (AvgIpc) is 3.08. The maximum Gasteiger partial charge on any atom is 0.255 e. The molecule has 3 aromatic rings. The molecule has 0 atom stereocenters. The molecule has 1 aliphatic heterocycles. The Balaban J connectivity index is 1.50. The number of fused-ring (bicyclic) bond motifs is 1. The van der Waals surface area contributed by atoms with Crippen LogP contribution in [0.2, 0.25) is 10.0 Å². The summed E-state index contributed by atoms with van der Waals surface area (Å²) in [6.45, 7) is 1.09. The van der Waals surface area contributed by atoms with Crippen LogP contribution in [-0.4, -0.2) is 38.5 Å². The van der Waals surface area contributed by atoms with Gasteiger partial charge in [0.15, 0.2) is 5.65 Å². The third-order valence-corrected chi connectivity index (χ3v) is 5.33. The summed E-state index contributed by atoms with van der Waals surface area (Å²) in [6.07, 6.45) is 3.46. The van der Waals surface area contributed by atoms with Crippen LogP contribution in [0.4, 0.5) is 4.39 Å². The summed E-state index contributed by atoms with van der Waals surface area (Å²) in [7, 11) is 0. The number of aromatic nitrogens is 3. The first-order valence-electron chi connectivity index (χ1n) is 8.28. The highest BCUT2D eigenvalue weighted by molar-refractivity contribution is 6.36. The lowest BCUT2D eigenvalue weighted by Crippen LogP contribution is -2.38. The van der Waals surface area contributed by atoms with Crippen LogP contribution in [0, 0.1) is 5.82 Å². The minimum atomic E-state index is -0.649. The topological polar surface area (TPSA) is 50.5 Å². The summed E-state index contributed by atoms with van der Waals surface area (Å²) in [5.74, 6) is 0.191. The molecule has 0 radical (unpaired) electrons. The molecule has 1 aromatic carbocycles. The normalized spacial score (nSPS) is 15.6. The third kappa shape index (κ3) is 3.04. The summed E-state index contributed by atoms with van der Waals surface area (Å²) in [5.41, 5.74) is 0.948. The third-order valence-electron chi connectivity index (χ3n) is 4.73. The summed E-state index contributed by atoms with van der Waals surface area (Å²) < 4.78 is 15.7. The minimum absolute atomic E-state index is 0.0936. The molecule has 5 nitrogen and oxygen atoms in total. The fourth-order valence-electron chi connectivity index (χ4n) is 3.34. The van der Waals surface area contributed by atoms with Crippen LogP contribution in [0.3, 0.4) is 0 Å². The second kappa shape index (κ2) is 6.85. The number of benzene rings is 1. The molecular weight excluding hydrogens is 378 g/mol. The van der Waals surface area contributed by atoms with Crippen LogP contribution in [-0.2, 0) is 0 Å². The lowest BCUT2D eigenvalue weighted by molar-refractivity contribution is 0.0710. The highest BCUT2D eigenvalue weighted by Gasteiger charge is 2.28. The Morgan fingerprint density at radius 3 is 2.65 bits per heavy atom. The summed E-state index contributed by atoms with van der Waals surface area (Å²) in [4.78, 5) is 14.4. The zero-order valence-electron chi connectivity index (χ0n) is 13.7. The molecule has 26 heavy (non-hydrogen) atoms. The first-order chi connectivity index (χ1) is 12.5. The van der Waals surface area contributed by atoms with E-state index in [0.717, 1.165) is 30.4 Å². The number of hydrogen-bond acceptors (Lipinski definition) is 3. The van der Waals surface area contributed by atoms with Gasteiger partial charge in [0.05, 0.1) is 15.6 Å². The van der Waals surface area contributed by atoms with Crippen LogP contribution in [0.5, 0.6) is 0 Å². The van der Waals surface area contributed by atoms with Crippen molar-refractivity contribution in [3.63, 3.8) is 0 Å². The van der Waals surface area contributed by atoms with Crippen molar-refractivity contribution in [1.82, 2.24) is 19.5 Å². The molecule has 0 bridgehead atoms. The van der Waals surface area contributed by atoms with Crippen molar-refractivity contribution >= 4 is 34.8 Å². The molecule has 134 valence electrons. The van der Waals surface area contributed by atoms with E-state index >= 15 is 0 Å². The molecule has 0 spiro atoms. The molecule has 3 heterocycles. The maximum absolute atomic E-state index is 13.7. The van der Waals surface area contributed by atoms with Gasteiger partial charge in [0.2, 0.25) is 0 Å². The van der Waals surface area contributed by atoms with Crippen molar-refractivity contribution < 1.29 is 9.18 Å². The van der Waals surface area contributed by atoms with E-state index in [1.54, 1.807) is 4.90 Å². The van der Waals surface area contributed by atoms with Gasteiger partial charge in [-0.05, 0) is 37.1 Å². The second-order valence-electron chi connectivity index (χ2n) is 6.30. The van der Waals surface area contributed by atoms with Crippen molar-refractivity contribution in [3.05, 3.63) is 63.8 Å². The molecule has 1 fully saturated rings. The first kappa shape index (κ1) is 17.2. The molecular formula is C18H15Cl2FN4O. The number of carbonyl (C=O) groups excluding carboxylic acids is 1. The number of halogens is 3. The number of amides is 1. The van der Waals surface area contributed by atoms with Crippen LogP contribution in [0.1, 0.15) is 34.9 Å². The van der Waals surface area contributed by atoms with Gasteiger partial charge in [-0.15, -0.1) is 10.2 Å². The number of piperidine rings is 1. The Morgan fingerprint density at radius 2 is 1.88 bits per heavy atom. The monoisotopic (exact) mass is 392 g/mol. The van der Waals surface area contributed by atoms with Crippen LogP contribution >= 0.6 is 23.2 Å². The number of likely N-dealkylation sites (tertiary alicyclic amines) is 1. The number of nitrogens with zero attached hydrogens (tertiary/aromatic N) is 4. The van der Waals surface area contributed by atoms with E-state index in [1.807, 2.05) is 28.8 Å². The van der Waals surface area contributed by atoms with Crippen molar-refractivity contribution in [3.8, 4) is 0 Å². The van der Waals surface area contributed by atoms with Gasteiger partial charge in [0.1, 0.15) is 11.6 Å². The predicted molar refractivity (Wildman–Crippen MR) is 97.3 cm³/mol. The fourth-order valence-corrected chi connectivity index (χ4v) is 3.80. The fraction of sp³-hybridized carbons (Fsp3) is 0.278. The molecule has 0 N–H and O–H groups in total. The Morgan fingerprint density at radius 1 is 1.12 bits per heavy atom. The van der Waals surface area contributed by atoms with Gasteiger partial charge in [-0.3, -0.25) is 9.20 Å². The van der Waals surface area contributed by atoms with E-state index < -0.39 is 5.82 Å². The van der Waals surface area contributed by atoms with E-state index in [-0.39, 0.29) is 27.4 Å². The maximum atomic E-state index is 13.7. The highest BCUT2D eigenvalue weighted by Crippen LogP contribution is 2.30. The van der Waals surface area contributed by atoms with Crippen molar-refractivity contribution in [1.29, 1.82) is 0 Å². The van der Waals surface area contributed by atoms with Gasteiger partial charge in [0, 0.05) is 25.2 Å². The highest BCUT2D eigenvalue weighted by atomic mass is 35.5. The standard InChI is InChI=1S/C18H15Cl2FN4O/c19-13-10-14(20)15(21)9-12(13)18(26)24-7-4-11(5-8-24)17-23-22-16-3-1-2-6-25(16)17/h1-3,6,9-11H,4-5,7-8H2. The van der Waals surface area contributed by atoms with Crippen LogP contribution < -0.4 is 0 Å². The van der Waals surface area contributed by atoms with Gasteiger partial charge in [0.25, 0.3) is 5.91 Å². The van der Waals surface area contributed by atoms with E-state index in [4.69, 9.17) is 23.2 Å². The SMILES string of the molecule is O=C(c1cc(F)c(Cl)cc1Cl)N1CCC(c2nnc3ccccn23)CC1. The molecule has 0 saturated carbocycles. The smallest absolute Gasteiger partial charge is 0.255 e. The van der Waals surface area contributed by atoms with E-state index in [2.05, 4.69) is 10.2 Å². The molecule has 0 unspecified atom stereocenters. The van der Waals surface area contributed by atoms with E-state index in [1.165, 1.54) is 6.07 Å². The van der Waals surface area contributed by atoms with Gasteiger partial charge in [-0.25, -0.2) is 4.39 Å². The zero-order chi connectivity index (χ0) is 18.3. The Kier molecular flexibility index (Phi) is 4.54. The lowest BCUT2D eigenvalue weighted by atomic mass is 9.95. The molecule has 1 amide bonds. The van der Waals surface area contributed by atoms with Gasteiger partial charge in [-0.2, -0.15) is 0 Å². The Labute approximate surface area is 159 Å².